The maximum absolute atomic E-state index is 12.5. The van der Waals surface area contributed by atoms with Crippen molar-refractivity contribution < 1.29 is 18.0 Å². The zero-order chi connectivity index (χ0) is 12.9. The summed E-state index contributed by atoms with van der Waals surface area (Å²) in [6.45, 7) is 0.368. The average molecular weight is 241 g/mol. The third-order valence-corrected chi connectivity index (χ3v) is 1.92. The molecule has 0 aliphatic carbocycles. The van der Waals surface area contributed by atoms with E-state index < -0.39 is 11.7 Å². The summed E-state index contributed by atoms with van der Waals surface area (Å²) in [6.07, 6.45) is -4.10. The van der Waals surface area contributed by atoms with Crippen LogP contribution in [0.3, 0.4) is 0 Å². The highest BCUT2D eigenvalue weighted by molar-refractivity contribution is 5.76. The van der Waals surface area contributed by atoms with Gasteiger partial charge in [-0.25, -0.2) is 0 Å². The average Bonchev–Trinajstić information content (AvgIpc) is 2.28. The Morgan fingerprint density at radius 2 is 2.06 bits per heavy atom. The van der Waals surface area contributed by atoms with Crippen molar-refractivity contribution in [1.82, 2.24) is 5.32 Å². The van der Waals surface area contributed by atoms with Crippen LogP contribution in [0, 0.1) is 11.8 Å². The molecule has 0 heterocycles. The molecule has 0 saturated heterocycles. The van der Waals surface area contributed by atoms with E-state index in [0.29, 0.717) is 12.8 Å². The largest absolute Gasteiger partial charge is 0.416 e. The van der Waals surface area contributed by atoms with Crippen LogP contribution in [0.15, 0.2) is 18.2 Å². The Bertz CT molecular complexity index is 469. The molecule has 1 aromatic carbocycles. The molecule has 1 N–H and O–H groups in total. The number of benzene rings is 1. The topological polar surface area (TPSA) is 29.1 Å². The van der Waals surface area contributed by atoms with Gasteiger partial charge < -0.3 is 5.32 Å². The second kappa shape index (κ2) is 5.51. The van der Waals surface area contributed by atoms with Crippen molar-refractivity contribution in [3.05, 3.63) is 34.9 Å². The minimum Gasteiger partial charge on any atom is -0.309 e. The molecule has 90 valence electrons. The van der Waals surface area contributed by atoms with E-state index >= 15 is 0 Å². The smallest absolute Gasteiger partial charge is 0.309 e. The van der Waals surface area contributed by atoms with E-state index in [-0.39, 0.29) is 11.1 Å². The van der Waals surface area contributed by atoms with Crippen molar-refractivity contribution >= 4 is 6.29 Å². The molecule has 2 nitrogen and oxygen atoms in total. The Morgan fingerprint density at radius 1 is 1.35 bits per heavy atom. The van der Waals surface area contributed by atoms with Gasteiger partial charge in [-0.2, -0.15) is 13.2 Å². The van der Waals surface area contributed by atoms with Crippen molar-refractivity contribution in [2.45, 2.75) is 6.18 Å². The zero-order valence-corrected chi connectivity index (χ0v) is 9.06. The van der Waals surface area contributed by atoms with Crippen LogP contribution >= 0.6 is 0 Å². The fourth-order valence-corrected chi connectivity index (χ4v) is 1.19. The van der Waals surface area contributed by atoms with Gasteiger partial charge in [-0.1, -0.05) is 11.8 Å². The van der Waals surface area contributed by atoms with Crippen molar-refractivity contribution in [2.24, 2.45) is 0 Å². The van der Waals surface area contributed by atoms with Gasteiger partial charge in [0.15, 0.2) is 0 Å². The summed E-state index contributed by atoms with van der Waals surface area (Å²) < 4.78 is 37.5. The van der Waals surface area contributed by atoms with Gasteiger partial charge in [0.1, 0.15) is 6.29 Å². The molecular formula is C12H10F3NO. The molecule has 0 amide bonds. The van der Waals surface area contributed by atoms with Crippen LogP contribution in [0.4, 0.5) is 13.2 Å². The number of carbonyl (C=O) groups is 1. The minimum absolute atomic E-state index is 0.0337. The van der Waals surface area contributed by atoms with Crippen molar-refractivity contribution in [2.75, 3.05) is 13.6 Å². The third kappa shape index (κ3) is 3.93. The summed E-state index contributed by atoms with van der Waals surface area (Å²) in [5.74, 6) is 5.20. The lowest BCUT2D eigenvalue weighted by molar-refractivity contribution is -0.137. The molecule has 5 heteroatoms. The number of hydrogen-bond acceptors (Lipinski definition) is 2. The van der Waals surface area contributed by atoms with E-state index in [0.717, 1.165) is 12.1 Å². The molecule has 0 radical (unpaired) electrons. The molecule has 0 fully saturated rings. The molecule has 0 atom stereocenters. The molecule has 0 aliphatic rings. The fraction of sp³-hybridized carbons (Fsp3) is 0.250. The summed E-state index contributed by atoms with van der Waals surface area (Å²) in [4.78, 5) is 10.5. The first kappa shape index (κ1) is 13.3. The van der Waals surface area contributed by atoms with E-state index in [4.69, 9.17) is 0 Å². The molecule has 1 rings (SSSR count). The summed E-state index contributed by atoms with van der Waals surface area (Å²) in [5, 5.41) is 2.75. The maximum Gasteiger partial charge on any atom is 0.416 e. The highest BCUT2D eigenvalue weighted by Gasteiger charge is 2.31. The van der Waals surface area contributed by atoms with Gasteiger partial charge in [-0.15, -0.1) is 0 Å². The van der Waals surface area contributed by atoms with Gasteiger partial charge in [0.2, 0.25) is 0 Å². The molecule has 1 aromatic rings. The van der Waals surface area contributed by atoms with E-state index in [1.165, 1.54) is 6.07 Å². The van der Waals surface area contributed by atoms with Gasteiger partial charge in [0.05, 0.1) is 12.1 Å². The number of rotatable bonds is 2. The molecule has 0 unspecified atom stereocenters. The van der Waals surface area contributed by atoms with E-state index in [9.17, 15) is 18.0 Å². The number of alkyl halides is 3. The number of carbonyl (C=O) groups excluding carboxylic acids is 1. The van der Waals surface area contributed by atoms with Gasteiger partial charge in [-0.3, -0.25) is 4.79 Å². The highest BCUT2D eigenvalue weighted by Crippen LogP contribution is 2.30. The zero-order valence-electron chi connectivity index (χ0n) is 9.06. The van der Waals surface area contributed by atoms with Crippen LogP contribution in [0.25, 0.3) is 0 Å². The quantitative estimate of drug-likeness (QED) is 0.634. The lowest BCUT2D eigenvalue weighted by Gasteiger charge is -2.07. The maximum atomic E-state index is 12.5. The molecule has 0 bridgehead atoms. The van der Waals surface area contributed by atoms with E-state index in [1.54, 1.807) is 7.05 Å². The van der Waals surface area contributed by atoms with Gasteiger partial charge in [-0.05, 0) is 25.2 Å². The number of nitrogens with one attached hydrogen (secondary N) is 1. The Morgan fingerprint density at radius 3 is 2.59 bits per heavy atom. The summed E-state index contributed by atoms with van der Waals surface area (Å²) >= 11 is 0. The van der Waals surface area contributed by atoms with E-state index in [2.05, 4.69) is 17.2 Å². The molecule has 0 aliphatic heterocycles. The Kier molecular flexibility index (Phi) is 4.30. The second-order valence-electron chi connectivity index (χ2n) is 3.29. The van der Waals surface area contributed by atoms with Crippen LogP contribution in [-0.4, -0.2) is 19.9 Å². The standard InChI is InChI=1S/C12H10F3NO/c1-16-4-2-3-9-5-10(8-17)7-11(6-9)12(13,14)15/h5-8,16H,4H2,1H3. The monoisotopic (exact) mass is 241 g/mol. The molecule has 17 heavy (non-hydrogen) atoms. The Hall–Kier alpha value is -1.80. The highest BCUT2D eigenvalue weighted by atomic mass is 19.4. The first-order valence-corrected chi connectivity index (χ1v) is 4.78. The lowest BCUT2D eigenvalue weighted by Crippen LogP contribution is -2.06. The van der Waals surface area contributed by atoms with Crippen molar-refractivity contribution in [1.29, 1.82) is 0 Å². The first-order chi connectivity index (χ1) is 7.97. The van der Waals surface area contributed by atoms with Gasteiger partial charge >= 0.3 is 6.18 Å². The molecule has 0 spiro atoms. The Labute approximate surface area is 96.8 Å². The number of aldehydes is 1. The predicted molar refractivity (Wildman–Crippen MR) is 57.6 cm³/mol. The molecule has 0 aromatic heterocycles. The summed E-state index contributed by atoms with van der Waals surface area (Å²) in [6, 6.07) is 3.05. The van der Waals surface area contributed by atoms with Crippen molar-refractivity contribution in [3.8, 4) is 11.8 Å². The third-order valence-electron chi connectivity index (χ3n) is 1.92. The summed E-state index contributed by atoms with van der Waals surface area (Å²) in [5.41, 5.74) is -0.721. The number of hydrogen-bond donors (Lipinski definition) is 1. The predicted octanol–water partition coefficient (Wildman–Crippen LogP) is 2.09. The fourth-order valence-electron chi connectivity index (χ4n) is 1.19. The second-order valence-corrected chi connectivity index (χ2v) is 3.29. The Balaban J connectivity index is 3.16. The number of halogens is 3. The SMILES string of the molecule is CNCC#Cc1cc(C=O)cc(C(F)(F)F)c1. The normalized spacial score (nSPS) is 10.6. The van der Waals surface area contributed by atoms with Crippen molar-refractivity contribution in [3.63, 3.8) is 0 Å². The van der Waals surface area contributed by atoms with E-state index in [1.807, 2.05) is 0 Å². The van der Waals surface area contributed by atoms with Crippen LogP contribution < -0.4 is 5.32 Å². The molecule has 0 saturated carbocycles. The van der Waals surface area contributed by atoms with Crippen LogP contribution in [0.2, 0.25) is 0 Å². The summed E-state index contributed by atoms with van der Waals surface area (Å²) in [7, 11) is 1.68. The van der Waals surface area contributed by atoms with Gasteiger partial charge in [0.25, 0.3) is 0 Å². The van der Waals surface area contributed by atoms with Gasteiger partial charge in [0, 0.05) is 11.1 Å². The molecular weight excluding hydrogens is 231 g/mol. The first-order valence-electron chi connectivity index (χ1n) is 4.78. The minimum atomic E-state index is -4.47. The van der Waals surface area contributed by atoms with Crippen LogP contribution in [0.1, 0.15) is 21.5 Å². The van der Waals surface area contributed by atoms with Crippen LogP contribution in [-0.2, 0) is 6.18 Å². The lowest BCUT2D eigenvalue weighted by atomic mass is 10.1. The van der Waals surface area contributed by atoms with Crippen LogP contribution in [0.5, 0.6) is 0 Å².